The lowest BCUT2D eigenvalue weighted by atomic mass is 9.86. The Morgan fingerprint density at radius 3 is 2.32 bits per heavy atom. The second-order valence-corrected chi connectivity index (χ2v) is 10.0. The van der Waals surface area contributed by atoms with Gasteiger partial charge in [-0.25, -0.2) is 13.1 Å². The van der Waals surface area contributed by atoms with Crippen molar-refractivity contribution in [2.45, 2.75) is 57.2 Å². The van der Waals surface area contributed by atoms with Crippen LogP contribution in [0.1, 0.15) is 46.5 Å². The van der Waals surface area contributed by atoms with Crippen molar-refractivity contribution in [1.29, 1.82) is 0 Å². The van der Waals surface area contributed by atoms with Crippen molar-refractivity contribution in [1.82, 2.24) is 4.72 Å². The summed E-state index contributed by atoms with van der Waals surface area (Å²) in [5.41, 5.74) is 6.36. The summed E-state index contributed by atoms with van der Waals surface area (Å²) in [6, 6.07) is 4.41. The van der Waals surface area contributed by atoms with Gasteiger partial charge in [0.05, 0.1) is 10.4 Å². The van der Waals surface area contributed by atoms with E-state index in [-0.39, 0.29) is 29.3 Å². The van der Waals surface area contributed by atoms with Crippen LogP contribution in [0.4, 0.5) is 11.4 Å². The quantitative estimate of drug-likeness (QED) is 0.368. The van der Waals surface area contributed by atoms with Crippen molar-refractivity contribution in [3.63, 3.8) is 0 Å². The fourth-order valence-corrected chi connectivity index (χ4v) is 3.77. The molecular formula is C17H27N3O4S. The van der Waals surface area contributed by atoms with Gasteiger partial charge in [0.15, 0.2) is 0 Å². The van der Waals surface area contributed by atoms with Gasteiger partial charge < -0.3 is 16.2 Å². The molecule has 0 atom stereocenters. The number of hydrogen-bond acceptors (Lipinski definition) is 5. The zero-order valence-corrected chi connectivity index (χ0v) is 15.7. The third-order valence-electron chi connectivity index (χ3n) is 4.52. The smallest absolute Gasteiger partial charge is 0.227 e. The van der Waals surface area contributed by atoms with Gasteiger partial charge in [-0.15, -0.1) is 0 Å². The summed E-state index contributed by atoms with van der Waals surface area (Å²) in [4.78, 5) is 12.4. The molecule has 0 spiro atoms. The molecule has 2 rings (SSSR count). The average molecular weight is 369 g/mol. The summed E-state index contributed by atoms with van der Waals surface area (Å²) in [6.45, 7) is 4.99. The molecule has 0 radical (unpaired) electrons. The van der Waals surface area contributed by atoms with Crippen LogP contribution in [0.15, 0.2) is 18.2 Å². The van der Waals surface area contributed by atoms with E-state index in [1.807, 2.05) is 0 Å². The molecule has 0 saturated heterocycles. The maximum absolute atomic E-state index is 12.4. The lowest BCUT2D eigenvalue weighted by Crippen LogP contribution is -2.46. The van der Waals surface area contributed by atoms with Crippen molar-refractivity contribution in [3.8, 4) is 5.75 Å². The van der Waals surface area contributed by atoms with E-state index < -0.39 is 14.8 Å². The van der Waals surface area contributed by atoms with Gasteiger partial charge in [-0.1, -0.05) is 0 Å². The topological polar surface area (TPSA) is 122 Å². The van der Waals surface area contributed by atoms with E-state index in [0.717, 1.165) is 0 Å². The molecule has 5 N–H and O–H groups in total. The molecule has 8 heteroatoms. The second kappa shape index (κ2) is 7.21. The Morgan fingerprint density at radius 1 is 1.20 bits per heavy atom. The monoisotopic (exact) mass is 369 g/mol. The number of nitrogens with one attached hydrogen (secondary N) is 2. The third kappa shape index (κ3) is 4.85. The molecule has 0 unspecified atom stereocenters. The molecule has 1 aliphatic carbocycles. The van der Waals surface area contributed by atoms with Gasteiger partial charge in [-0.3, -0.25) is 4.79 Å². The Morgan fingerprint density at radius 2 is 1.80 bits per heavy atom. The number of rotatable bonds is 4. The fourth-order valence-electron chi connectivity index (χ4n) is 2.75. The van der Waals surface area contributed by atoms with Crippen LogP contribution in [0, 0.1) is 5.92 Å². The molecule has 0 bridgehead atoms. The minimum atomic E-state index is -3.38. The summed E-state index contributed by atoms with van der Waals surface area (Å²) in [7, 11) is -3.38. The number of aromatic hydroxyl groups is 1. The number of nitrogen functional groups attached to an aromatic ring is 1. The molecule has 0 aromatic heterocycles. The van der Waals surface area contributed by atoms with Crippen LogP contribution >= 0.6 is 0 Å². The highest BCUT2D eigenvalue weighted by atomic mass is 32.2. The number of carbonyl (C=O) groups excluding carboxylic acids is 1. The number of nitrogens with two attached hydrogens (primary N) is 1. The predicted octanol–water partition coefficient (Wildman–Crippen LogP) is 2.19. The van der Waals surface area contributed by atoms with Gasteiger partial charge >= 0.3 is 0 Å². The first-order valence-electron chi connectivity index (χ1n) is 8.41. The lowest BCUT2D eigenvalue weighted by Gasteiger charge is -2.30. The minimum Gasteiger partial charge on any atom is -0.506 e. The number of sulfonamides is 1. The van der Waals surface area contributed by atoms with Crippen LogP contribution < -0.4 is 15.8 Å². The van der Waals surface area contributed by atoms with Gasteiger partial charge in [0.2, 0.25) is 15.9 Å². The number of benzene rings is 1. The Bertz CT molecular complexity index is 733. The van der Waals surface area contributed by atoms with Crippen LogP contribution in [-0.4, -0.2) is 30.2 Å². The summed E-state index contributed by atoms with van der Waals surface area (Å²) in [5, 5.41) is 12.2. The van der Waals surface area contributed by atoms with E-state index in [0.29, 0.717) is 31.4 Å². The number of hydrogen-bond donors (Lipinski definition) is 4. The molecule has 1 fully saturated rings. The normalized spacial score (nSPS) is 21.7. The van der Waals surface area contributed by atoms with Crippen molar-refractivity contribution in [2.75, 3.05) is 11.1 Å². The molecule has 0 aliphatic heterocycles. The Balaban J connectivity index is 1.89. The van der Waals surface area contributed by atoms with Gasteiger partial charge in [-0.2, -0.15) is 0 Å². The van der Waals surface area contributed by atoms with Gasteiger partial charge in [0.25, 0.3) is 0 Å². The van der Waals surface area contributed by atoms with Crippen LogP contribution in [-0.2, 0) is 14.8 Å². The van der Waals surface area contributed by atoms with Gasteiger partial charge in [0.1, 0.15) is 5.75 Å². The first-order valence-corrected chi connectivity index (χ1v) is 9.89. The highest BCUT2D eigenvalue weighted by molar-refractivity contribution is 7.90. The van der Waals surface area contributed by atoms with Gasteiger partial charge in [0, 0.05) is 17.6 Å². The number of carbonyl (C=O) groups is 1. The zero-order chi connectivity index (χ0) is 18.8. The van der Waals surface area contributed by atoms with Crippen molar-refractivity contribution in [3.05, 3.63) is 18.2 Å². The van der Waals surface area contributed by atoms with E-state index in [1.54, 1.807) is 26.8 Å². The average Bonchev–Trinajstić information content (AvgIpc) is 2.50. The molecule has 7 nitrogen and oxygen atoms in total. The first kappa shape index (κ1) is 19.5. The molecule has 0 heterocycles. The summed E-state index contributed by atoms with van der Waals surface area (Å²) in [6.07, 6.45) is 2.50. The first-order chi connectivity index (χ1) is 11.5. The predicted molar refractivity (Wildman–Crippen MR) is 98.7 cm³/mol. The zero-order valence-electron chi connectivity index (χ0n) is 14.9. The van der Waals surface area contributed by atoms with Crippen LogP contribution in [0.3, 0.4) is 0 Å². The maximum atomic E-state index is 12.4. The lowest BCUT2D eigenvalue weighted by molar-refractivity contribution is -0.120. The Hall–Kier alpha value is -1.80. The van der Waals surface area contributed by atoms with E-state index >= 15 is 0 Å². The largest absolute Gasteiger partial charge is 0.506 e. The van der Waals surface area contributed by atoms with E-state index in [4.69, 9.17) is 5.73 Å². The van der Waals surface area contributed by atoms with E-state index in [1.165, 1.54) is 12.1 Å². The molecular weight excluding hydrogens is 342 g/mol. The number of phenolic OH excluding ortho intramolecular Hbond substituents is 1. The second-order valence-electron chi connectivity index (χ2n) is 7.55. The standard InChI is InChI=1S/C17H27N3O4S/c1-17(2,3)25(23,24)20-12-6-4-11(5-7-12)16(22)19-13-8-9-15(21)14(18)10-13/h8-12,20-21H,4-7,18H2,1-3H3,(H,19,22). The summed E-state index contributed by atoms with van der Waals surface area (Å²) in [5.74, 6) is -0.294. The fraction of sp³-hybridized carbons (Fsp3) is 0.588. The minimum absolute atomic E-state index is 0.0235. The molecule has 1 aromatic carbocycles. The third-order valence-corrected chi connectivity index (χ3v) is 6.78. The molecule has 140 valence electrons. The molecule has 1 amide bonds. The SMILES string of the molecule is CC(C)(C)S(=O)(=O)NC1CCC(C(=O)Nc2ccc(O)c(N)c2)CC1. The molecule has 1 aliphatic rings. The van der Waals surface area contributed by atoms with Crippen molar-refractivity contribution in [2.24, 2.45) is 5.92 Å². The Labute approximate surface area is 149 Å². The van der Waals surface area contributed by atoms with Crippen LogP contribution in [0.25, 0.3) is 0 Å². The molecule has 25 heavy (non-hydrogen) atoms. The highest BCUT2D eigenvalue weighted by Gasteiger charge is 2.34. The maximum Gasteiger partial charge on any atom is 0.227 e. The highest BCUT2D eigenvalue weighted by Crippen LogP contribution is 2.28. The van der Waals surface area contributed by atoms with E-state index in [2.05, 4.69) is 10.0 Å². The van der Waals surface area contributed by atoms with E-state index in [9.17, 15) is 18.3 Å². The number of amides is 1. The summed E-state index contributed by atoms with van der Waals surface area (Å²) >= 11 is 0. The number of phenols is 1. The Kier molecular flexibility index (Phi) is 5.63. The molecule has 1 saturated carbocycles. The summed E-state index contributed by atoms with van der Waals surface area (Å²) < 4.78 is 26.3. The van der Waals surface area contributed by atoms with Crippen molar-refractivity contribution >= 4 is 27.3 Å². The van der Waals surface area contributed by atoms with Crippen LogP contribution in [0.2, 0.25) is 0 Å². The molecule has 1 aromatic rings. The van der Waals surface area contributed by atoms with Crippen molar-refractivity contribution < 1.29 is 18.3 Å². The van der Waals surface area contributed by atoms with Gasteiger partial charge in [-0.05, 0) is 64.7 Å². The van der Waals surface area contributed by atoms with Crippen LogP contribution in [0.5, 0.6) is 5.75 Å². The number of anilines is 2.